The minimum absolute atomic E-state index is 0.0329. The number of nitrogens with zero attached hydrogens (tertiary/aromatic N) is 1. The fraction of sp³-hybridized carbons (Fsp3) is 0.632. The van der Waals surface area contributed by atoms with Gasteiger partial charge in [-0.2, -0.15) is 0 Å². The molecule has 136 valence electrons. The fourth-order valence-corrected chi connectivity index (χ4v) is 6.05. The standard InChI is InChI=1S/C19H26N2O3S/c22-18-10-13-19(21(18)14-15-4-2-1-3-5-15)11-8-16(9-12-19)20-25(23,24)17-6-7-17/h1-5,16-17,20H,6-14H2. The molecule has 0 unspecified atom stereocenters. The normalized spacial score (nSPS) is 30.2. The molecule has 1 amide bonds. The molecule has 1 heterocycles. The number of sulfonamides is 1. The maximum absolute atomic E-state index is 12.5. The van der Waals surface area contributed by atoms with Crippen LogP contribution < -0.4 is 4.72 Å². The van der Waals surface area contributed by atoms with E-state index in [0.29, 0.717) is 13.0 Å². The van der Waals surface area contributed by atoms with E-state index in [-0.39, 0.29) is 22.7 Å². The summed E-state index contributed by atoms with van der Waals surface area (Å²) in [6, 6.07) is 10.2. The van der Waals surface area contributed by atoms with E-state index in [9.17, 15) is 13.2 Å². The van der Waals surface area contributed by atoms with Crippen LogP contribution in [0.1, 0.15) is 56.9 Å². The summed E-state index contributed by atoms with van der Waals surface area (Å²) in [5.74, 6) is 0.237. The Hall–Kier alpha value is -1.40. The van der Waals surface area contributed by atoms with Crippen LogP contribution in [-0.2, 0) is 21.4 Å². The van der Waals surface area contributed by atoms with E-state index in [1.54, 1.807) is 0 Å². The van der Waals surface area contributed by atoms with Crippen molar-refractivity contribution in [3.63, 3.8) is 0 Å². The van der Waals surface area contributed by atoms with Gasteiger partial charge in [-0.3, -0.25) is 4.79 Å². The zero-order valence-electron chi connectivity index (χ0n) is 14.5. The topological polar surface area (TPSA) is 66.5 Å². The molecule has 1 aromatic rings. The van der Waals surface area contributed by atoms with Crippen LogP contribution in [0.4, 0.5) is 0 Å². The van der Waals surface area contributed by atoms with Crippen LogP contribution in [-0.4, -0.2) is 36.1 Å². The molecule has 3 aliphatic rings. The summed E-state index contributed by atoms with van der Waals surface area (Å²) in [4.78, 5) is 14.5. The Bertz CT molecular complexity index is 735. The van der Waals surface area contributed by atoms with Crippen LogP contribution in [0.25, 0.3) is 0 Å². The molecule has 5 nitrogen and oxygen atoms in total. The molecule has 1 spiro atoms. The first-order valence-electron chi connectivity index (χ1n) is 9.34. The molecular formula is C19H26N2O3S. The predicted molar refractivity (Wildman–Crippen MR) is 96.3 cm³/mol. The summed E-state index contributed by atoms with van der Waals surface area (Å²) < 4.78 is 27.2. The molecule has 4 rings (SSSR count). The van der Waals surface area contributed by atoms with Crippen molar-refractivity contribution in [2.45, 2.75) is 74.7 Å². The molecule has 2 aliphatic carbocycles. The lowest BCUT2D eigenvalue weighted by molar-refractivity contribution is -0.133. The van der Waals surface area contributed by atoms with Crippen molar-refractivity contribution in [2.75, 3.05) is 0 Å². The van der Waals surface area contributed by atoms with Gasteiger partial charge in [0.05, 0.1) is 5.25 Å². The zero-order valence-corrected chi connectivity index (χ0v) is 15.3. The van der Waals surface area contributed by atoms with Crippen LogP contribution in [0.2, 0.25) is 0 Å². The van der Waals surface area contributed by atoms with E-state index in [4.69, 9.17) is 0 Å². The number of nitrogens with one attached hydrogen (secondary N) is 1. The molecular weight excluding hydrogens is 336 g/mol. The van der Waals surface area contributed by atoms with Crippen molar-refractivity contribution in [1.82, 2.24) is 9.62 Å². The molecule has 2 saturated carbocycles. The van der Waals surface area contributed by atoms with Crippen molar-refractivity contribution < 1.29 is 13.2 Å². The van der Waals surface area contributed by atoms with Gasteiger partial charge in [-0.25, -0.2) is 13.1 Å². The van der Waals surface area contributed by atoms with E-state index in [1.165, 1.54) is 0 Å². The highest BCUT2D eigenvalue weighted by Crippen LogP contribution is 2.43. The van der Waals surface area contributed by atoms with Crippen LogP contribution in [0.5, 0.6) is 0 Å². The number of likely N-dealkylation sites (tertiary alicyclic amines) is 1. The van der Waals surface area contributed by atoms with Crippen LogP contribution in [0.3, 0.4) is 0 Å². The third-order valence-electron chi connectivity index (χ3n) is 6.07. The second-order valence-corrected chi connectivity index (χ2v) is 9.82. The van der Waals surface area contributed by atoms with Gasteiger partial charge in [0, 0.05) is 24.5 Å². The lowest BCUT2D eigenvalue weighted by atomic mass is 9.78. The fourth-order valence-electron chi connectivity index (χ4n) is 4.40. The molecule has 1 aliphatic heterocycles. The molecule has 1 saturated heterocycles. The number of rotatable bonds is 5. The Balaban J connectivity index is 1.42. The third-order valence-corrected chi connectivity index (χ3v) is 8.08. The molecule has 3 fully saturated rings. The summed E-state index contributed by atoms with van der Waals surface area (Å²) in [6.45, 7) is 0.665. The monoisotopic (exact) mass is 362 g/mol. The SMILES string of the molecule is O=C1CCC2(CCC(NS(=O)(=O)C3CC3)CC2)N1Cc1ccccc1. The van der Waals surface area contributed by atoms with Gasteiger partial charge in [0.2, 0.25) is 15.9 Å². The second kappa shape index (κ2) is 6.40. The maximum Gasteiger partial charge on any atom is 0.223 e. The number of benzene rings is 1. The molecule has 0 aromatic heterocycles. The number of amides is 1. The summed E-state index contributed by atoms with van der Waals surface area (Å²) in [7, 11) is -3.13. The third kappa shape index (κ3) is 3.47. The van der Waals surface area contributed by atoms with E-state index >= 15 is 0 Å². The number of carbonyl (C=O) groups is 1. The first-order valence-corrected chi connectivity index (χ1v) is 10.9. The van der Waals surface area contributed by atoms with Gasteiger partial charge in [-0.1, -0.05) is 30.3 Å². The minimum atomic E-state index is -3.13. The van der Waals surface area contributed by atoms with Crippen LogP contribution >= 0.6 is 0 Å². The van der Waals surface area contributed by atoms with Crippen molar-refractivity contribution in [3.8, 4) is 0 Å². The largest absolute Gasteiger partial charge is 0.333 e. The van der Waals surface area contributed by atoms with Crippen molar-refractivity contribution >= 4 is 15.9 Å². The first-order chi connectivity index (χ1) is 12.0. The van der Waals surface area contributed by atoms with E-state index in [2.05, 4.69) is 21.8 Å². The van der Waals surface area contributed by atoms with E-state index < -0.39 is 10.0 Å². The molecule has 6 heteroatoms. The van der Waals surface area contributed by atoms with Crippen LogP contribution in [0, 0.1) is 0 Å². The highest BCUT2D eigenvalue weighted by atomic mass is 32.2. The average molecular weight is 362 g/mol. The summed E-state index contributed by atoms with van der Waals surface area (Å²) in [5.41, 5.74) is 1.09. The van der Waals surface area contributed by atoms with Gasteiger partial charge >= 0.3 is 0 Å². The highest BCUT2D eigenvalue weighted by molar-refractivity contribution is 7.90. The maximum atomic E-state index is 12.5. The summed E-state index contributed by atoms with van der Waals surface area (Å²) in [6.07, 6.45) is 6.55. The summed E-state index contributed by atoms with van der Waals surface area (Å²) in [5, 5.41) is -0.161. The lowest BCUT2D eigenvalue weighted by Crippen LogP contribution is -2.51. The quantitative estimate of drug-likeness (QED) is 0.875. The highest BCUT2D eigenvalue weighted by Gasteiger charge is 2.47. The van der Waals surface area contributed by atoms with Crippen molar-refractivity contribution in [1.29, 1.82) is 0 Å². The molecule has 0 atom stereocenters. The Kier molecular flexibility index (Phi) is 4.36. The van der Waals surface area contributed by atoms with Crippen molar-refractivity contribution in [3.05, 3.63) is 35.9 Å². The van der Waals surface area contributed by atoms with Gasteiger partial charge in [-0.05, 0) is 50.5 Å². The number of carbonyl (C=O) groups excluding carboxylic acids is 1. The van der Waals surface area contributed by atoms with E-state index in [1.807, 2.05) is 18.2 Å². The smallest absolute Gasteiger partial charge is 0.223 e. The summed E-state index contributed by atoms with van der Waals surface area (Å²) >= 11 is 0. The lowest BCUT2D eigenvalue weighted by Gasteiger charge is -2.44. The molecule has 0 radical (unpaired) electrons. The van der Waals surface area contributed by atoms with Gasteiger partial charge in [0.1, 0.15) is 0 Å². The predicted octanol–water partition coefficient (Wildman–Crippen LogP) is 2.57. The van der Waals surface area contributed by atoms with E-state index in [0.717, 1.165) is 50.5 Å². The minimum Gasteiger partial charge on any atom is -0.333 e. The molecule has 1 aromatic carbocycles. The van der Waals surface area contributed by atoms with Gasteiger partial charge in [-0.15, -0.1) is 0 Å². The number of hydrogen-bond donors (Lipinski definition) is 1. The van der Waals surface area contributed by atoms with Gasteiger partial charge in [0.25, 0.3) is 0 Å². The van der Waals surface area contributed by atoms with Crippen molar-refractivity contribution in [2.24, 2.45) is 0 Å². The zero-order chi connectivity index (χ0) is 17.5. The average Bonchev–Trinajstić information content (AvgIpc) is 3.42. The van der Waals surface area contributed by atoms with Crippen LogP contribution in [0.15, 0.2) is 30.3 Å². The number of hydrogen-bond acceptors (Lipinski definition) is 3. The Morgan fingerprint density at radius 2 is 1.72 bits per heavy atom. The second-order valence-electron chi connectivity index (χ2n) is 7.83. The Morgan fingerprint density at radius 1 is 1.04 bits per heavy atom. The molecule has 1 N–H and O–H groups in total. The Morgan fingerprint density at radius 3 is 2.36 bits per heavy atom. The van der Waals surface area contributed by atoms with Gasteiger partial charge in [0.15, 0.2) is 0 Å². The molecule has 25 heavy (non-hydrogen) atoms. The van der Waals surface area contributed by atoms with Gasteiger partial charge < -0.3 is 4.90 Å². The first kappa shape index (κ1) is 17.0. The molecule has 0 bridgehead atoms. The Labute approximate surface area is 149 Å².